The van der Waals surface area contributed by atoms with Crippen LogP contribution in [0.15, 0.2) is 48.7 Å². The minimum absolute atomic E-state index is 0.0174. The highest BCUT2D eigenvalue weighted by Gasteiger charge is 2.40. The SMILES string of the molecule is Cc1cc(F)ccc1Oc1cc(C2CC2)c(C(F)(F)F)cc1C(=O)Nc1ccnc(OCC(O)CO)c1. The number of aryl methyl sites for hydroxylation is 1. The van der Waals surface area contributed by atoms with Crippen molar-refractivity contribution in [3.8, 4) is 17.4 Å². The molecule has 1 unspecified atom stereocenters. The summed E-state index contributed by atoms with van der Waals surface area (Å²) in [6, 6.07) is 8.43. The van der Waals surface area contributed by atoms with Crippen LogP contribution in [0.2, 0.25) is 0 Å². The molecule has 1 aliphatic rings. The maximum Gasteiger partial charge on any atom is 0.416 e. The van der Waals surface area contributed by atoms with Crippen LogP contribution in [0.5, 0.6) is 17.4 Å². The van der Waals surface area contributed by atoms with Gasteiger partial charge in [-0.2, -0.15) is 13.2 Å². The van der Waals surface area contributed by atoms with Crippen LogP contribution in [-0.4, -0.2) is 40.4 Å². The van der Waals surface area contributed by atoms with Gasteiger partial charge in [0.15, 0.2) is 0 Å². The molecule has 3 aromatic rings. The monoisotopic (exact) mass is 520 g/mol. The number of nitrogens with zero attached hydrogens (tertiary/aromatic N) is 1. The number of carbonyl (C=O) groups excluding carboxylic acids is 1. The zero-order valence-corrected chi connectivity index (χ0v) is 19.7. The summed E-state index contributed by atoms with van der Waals surface area (Å²) in [5.41, 5.74) is -0.672. The van der Waals surface area contributed by atoms with E-state index in [1.165, 1.54) is 36.5 Å². The van der Waals surface area contributed by atoms with E-state index in [2.05, 4.69) is 10.3 Å². The summed E-state index contributed by atoms with van der Waals surface area (Å²) < 4.78 is 66.5. The van der Waals surface area contributed by atoms with Crippen molar-refractivity contribution >= 4 is 11.6 Å². The first-order valence-corrected chi connectivity index (χ1v) is 11.4. The Morgan fingerprint density at radius 1 is 1.16 bits per heavy atom. The van der Waals surface area contributed by atoms with Crippen LogP contribution in [0, 0.1) is 12.7 Å². The molecule has 0 radical (unpaired) electrons. The molecular formula is C26H24F4N2O5. The highest BCUT2D eigenvalue weighted by molar-refractivity contribution is 6.06. The standard InChI is InChI=1S/C26H24F4N2O5/c1-14-8-16(27)4-5-22(14)37-23-11-19(15-2-3-15)21(26(28,29)30)10-20(23)25(35)32-17-6-7-31-24(9-17)36-13-18(34)12-33/h4-11,15,18,33-34H,2-3,12-13H2,1H3,(H,31,32,35). The lowest BCUT2D eigenvalue weighted by Crippen LogP contribution is -2.21. The molecular weight excluding hydrogens is 496 g/mol. The molecule has 1 aliphatic carbocycles. The number of halogens is 4. The zero-order valence-electron chi connectivity index (χ0n) is 19.7. The van der Waals surface area contributed by atoms with Gasteiger partial charge in [0.25, 0.3) is 5.91 Å². The van der Waals surface area contributed by atoms with E-state index in [-0.39, 0.29) is 46.7 Å². The highest BCUT2D eigenvalue weighted by Crippen LogP contribution is 2.48. The van der Waals surface area contributed by atoms with E-state index in [0.29, 0.717) is 18.4 Å². The van der Waals surface area contributed by atoms with Gasteiger partial charge in [-0.15, -0.1) is 0 Å². The van der Waals surface area contributed by atoms with Gasteiger partial charge in [-0.1, -0.05) is 0 Å². The quantitative estimate of drug-likeness (QED) is 0.335. The number of ether oxygens (including phenoxy) is 2. The summed E-state index contributed by atoms with van der Waals surface area (Å²) in [6.07, 6.45) is -3.35. The van der Waals surface area contributed by atoms with Gasteiger partial charge in [-0.05, 0) is 73.2 Å². The molecule has 0 saturated heterocycles. The fraction of sp³-hybridized carbons (Fsp3) is 0.308. The second-order valence-electron chi connectivity index (χ2n) is 8.70. The van der Waals surface area contributed by atoms with Crippen LogP contribution >= 0.6 is 0 Å². The number of benzene rings is 2. The summed E-state index contributed by atoms with van der Waals surface area (Å²) in [5.74, 6) is -1.56. The van der Waals surface area contributed by atoms with Gasteiger partial charge in [0.2, 0.25) is 5.88 Å². The smallest absolute Gasteiger partial charge is 0.416 e. The molecule has 0 spiro atoms. The summed E-state index contributed by atoms with van der Waals surface area (Å²) in [5, 5.41) is 20.8. The molecule has 7 nitrogen and oxygen atoms in total. The van der Waals surface area contributed by atoms with E-state index in [0.717, 1.165) is 12.1 Å². The van der Waals surface area contributed by atoms with Crippen molar-refractivity contribution in [2.24, 2.45) is 0 Å². The van der Waals surface area contributed by atoms with E-state index in [1.54, 1.807) is 6.92 Å². The molecule has 1 heterocycles. The average molecular weight is 520 g/mol. The van der Waals surface area contributed by atoms with Crippen LogP contribution in [-0.2, 0) is 6.18 Å². The summed E-state index contributed by atoms with van der Waals surface area (Å²) in [7, 11) is 0. The third-order valence-electron chi connectivity index (χ3n) is 5.70. The number of aromatic nitrogens is 1. The summed E-state index contributed by atoms with van der Waals surface area (Å²) >= 11 is 0. The molecule has 4 rings (SSSR count). The van der Waals surface area contributed by atoms with Crippen molar-refractivity contribution in [3.63, 3.8) is 0 Å². The lowest BCUT2D eigenvalue weighted by molar-refractivity contribution is -0.138. The van der Waals surface area contributed by atoms with Gasteiger partial charge in [0.05, 0.1) is 17.7 Å². The number of amides is 1. The third-order valence-corrected chi connectivity index (χ3v) is 5.70. The van der Waals surface area contributed by atoms with Crippen molar-refractivity contribution in [2.75, 3.05) is 18.5 Å². The molecule has 37 heavy (non-hydrogen) atoms. The molecule has 1 fully saturated rings. The van der Waals surface area contributed by atoms with Crippen molar-refractivity contribution in [1.82, 2.24) is 4.98 Å². The number of aliphatic hydroxyl groups is 2. The van der Waals surface area contributed by atoms with Crippen LogP contribution < -0.4 is 14.8 Å². The minimum Gasteiger partial charge on any atom is -0.475 e. The number of hydrogen-bond donors (Lipinski definition) is 3. The molecule has 11 heteroatoms. The number of anilines is 1. The van der Waals surface area contributed by atoms with Crippen LogP contribution in [0.1, 0.15) is 45.8 Å². The number of nitrogens with one attached hydrogen (secondary N) is 1. The normalized spacial score (nSPS) is 14.2. The topological polar surface area (TPSA) is 101 Å². The van der Waals surface area contributed by atoms with Crippen LogP contribution in [0.4, 0.5) is 23.2 Å². The van der Waals surface area contributed by atoms with Gasteiger partial charge in [0.1, 0.15) is 30.0 Å². The fourth-order valence-corrected chi connectivity index (χ4v) is 3.68. The largest absolute Gasteiger partial charge is 0.475 e. The molecule has 196 valence electrons. The van der Waals surface area contributed by atoms with Crippen molar-refractivity contribution in [2.45, 2.75) is 38.0 Å². The van der Waals surface area contributed by atoms with Gasteiger partial charge in [-0.3, -0.25) is 4.79 Å². The Balaban J connectivity index is 1.69. The highest BCUT2D eigenvalue weighted by atomic mass is 19.4. The number of rotatable bonds is 9. The first kappa shape index (κ1) is 26.4. The maximum atomic E-state index is 13.9. The molecule has 1 aromatic heterocycles. The van der Waals surface area contributed by atoms with Gasteiger partial charge >= 0.3 is 6.18 Å². The molecule has 1 atom stereocenters. The van der Waals surface area contributed by atoms with Crippen molar-refractivity contribution in [3.05, 3.63) is 76.7 Å². The Morgan fingerprint density at radius 3 is 2.57 bits per heavy atom. The Bertz CT molecular complexity index is 1290. The molecule has 0 aliphatic heterocycles. The lowest BCUT2D eigenvalue weighted by Gasteiger charge is -2.19. The Hall–Kier alpha value is -3.70. The predicted octanol–water partition coefficient (Wildman–Crippen LogP) is 5.20. The summed E-state index contributed by atoms with van der Waals surface area (Å²) in [6.45, 7) is 0.800. The van der Waals surface area contributed by atoms with Gasteiger partial charge < -0.3 is 25.0 Å². The number of alkyl halides is 3. The van der Waals surface area contributed by atoms with Crippen LogP contribution in [0.3, 0.4) is 0 Å². The second-order valence-corrected chi connectivity index (χ2v) is 8.70. The summed E-state index contributed by atoms with van der Waals surface area (Å²) in [4.78, 5) is 17.1. The molecule has 1 amide bonds. The number of pyridine rings is 1. The molecule has 0 bridgehead atoms. The zero-order chi connectivity index (χ0) is 26.7. The van der Waals surface area contributed by atoms with Crippen molar-refractivity contribution in [1.29, 1.82) is 0 Å². The third kappa shape index (κ3) is 6.55. The maximum absolute atomic E-state index is 13.9. The van der Waals surface area contributed by atoms with Crippen LogP contribution in [0.25, 0.3) is 0 Å². The van der Waals surface area contributed by atoms with E-state index in [9.17, 15) is 27.5 Å². The Kier molecular flexibility index (Phi) is 7.65. The minimum atomic E-state index is -4.69. The Morgan fingerprint density at radius 2 is 1.92 bits per heavy atom. The Labute approximate surface area is 209 Å². The molecule has 3 N–H and O–H groups in total. The first-order valence-electron chi connectivity index (χ1n) is 11.4. The van der Waals surface area contributed by atoms with E-state index in [1.807, 2.05) is 0 Å². The van der Waals surface area contributed by atoms with E-state index >= 15 is 0 Å². The number of aliphatic hydroxyl groups excluding tert-OH is 2. The predicted molar refractivity (Wildman–Crippen MR) is 125 cm³/mol. The molecule has 2 aromatic carbocycles. The lowest BCUT2D eigenvalue weighted by atomic mass is 9.98. The fourth-order valence-electron chi connectivity index (χ4n) is 3.68. The van der Waals surface area contributed by atoms with E-state index < -0.39 is 36.2 Å². The van der Waals surface area contributed by atoms with E-state index in [4.69, 9.17) is 14.6 Å². The van der Waals surface area contributed by atoms with Gasteiger partial charge in [0, 0.05) is 18.0 Å². The van der Waals surface area contributed by atoms with Crippen molar-refractivity contribution < 1.29 is 42.0 Å². The average Bonchev–Trinajstić information content (AvgIpc) is 3.69. The van der Waals surface area contributed by atoms with Gasteiger partial charge in [-0.25, -0.2) is 9.37 Å². The second kappa shape index (κ2) is 10.7. The molecule has 1 saturated carbocycles. The first-order chi connectivity index (χ1) is 17.5. The number of carbonyl (C=O) groups is 1. The number of hydrogen-bond acceptors (Lipinski definition) is 6.